The van der Waals surface area contributed by atoms with Crippen LogP contribution in [-0.4, -0.2) is 27.1 Å². The number of carbonyl (C=O) groups excluding carboxylic acids is 1. The number of rotatable bonds is 3. The smallest absolute Gasteiger partial charge is 0.343 e. The van der Waals surface area contributed by atoms with Gasteiger partial charge in [-0.1, -0.05) is 11.8 Å². The van der Waals surface area contributed by atoms with E-state index in [1.165, 1.54) is 18.3 Å². The average molecular weight is 427 g/mol. The first-order valence-corrected chi connectivity index (χ1v) is 9.89. The van der Waals surface area contributed by atoms with Crippen LogP contribution in [0.4, 0.5) is 4.39 Å². The molecule has 32 heavy (non-hydrogen) atoms. The molecule has 2 aromatic heterocycles. The van der Waals surface area contributed by atoms with Gasteiger partial charge in [-0.3, -0.25) is 4.79 Å². The fourth-order valence-corrected chi connectivity index (χ4v) is 3.18. The van der Waals surface area contributed by atoms with E-state index in [9.17, 15) is 14.0 Å². The van der Waals surface area contributed by atoms with Crippen molar-refractivity contribution in [1.82, 2.24) is 14.5 Å². The molecule has 0 N–H and O–H groups in total. The maximum Gasteiger partial charge on any atom is 0.343 e. The van der Waals surface area contributed by atoms with Crippen LogP contribution >= 0.6 is 0 Å². The largest absolute Gasteiger partial charge is 0.462 e. The molecule has 0 saturated carbocycles. The van der Waals surface area contributed by atoms with Crippen molar-refractivity contribution in [1.29, 1.82) is 0 Å². The first-order valence-electron chi connectivity index (χ1n) is 9.89. The maximum absolute atomic E-state index is 13.4. The zero-order valence-corrected chi connectivity index (χ0v) is 17.4. The number of halogens is 1. The quantitative estimate of drug-likeness (QED) is 0.367. The van der Waals surface area contributed by atoms with E-state index in [0.29, 0.717) is 33.5 Å². The molecule has 0 unspecified atom stereocenters. The molecule has 0 saturated heterocycles. The number of nitrogens with zero attached hydrogens (tertiary/aromatic N) is 3. The Morgan fingerprint density at radius 1 is 1.06 bits per heavy atom. The molecule has 0 aliphatic heterocycles. The molecule has 0 atom stereocenters. The predicted molar refractivity (Wildman–Crippen MR) is 118 cm³/mol. The second-order valence-corrected chi connectivity index (χ2v) is 6.94. The molecule has 0 aliphatic rings. The highest BCUT2D eigenvalue weighted by atomic mass is 19.1. The van der Waals surface area contributed by atoms with Crippen LogP contribution in [-0.2, 0) is 4.74 Å². The van der Waals surface area contributed by atoms with Crippen LogP contribution in [0.1, 0.15) is 34.2 Å². The van der Waals surface area contributed by atoms with E-state index in [4.69, 9.17) is 4.74 Å². The van der Waals surface area contributed by atoms with Crippen molar-refractivity contribution in [3.05, 3.63) is 99.6 Å². The minimum atomic E-state index is -0.719. The van der Waals surface area contributed by atoms with Gasteiger partial charge in [0, 0.05) is 35.2 Å². The van der Waals surface area contributed by atoms with E-state index in [1.807, 2.05) is 0 Å². The van der Waals surface area contributed by atoms with Gasteiger partial charge < -0.3 is 9.30 Å². The minimum Gasteiger partial charge on any atom is -0.462 e. The average Bonchev–Trinajstić information content (AvgIpc) is 2.80. The summed E-state index contributed by atoms with van der Waals surface area (Å²) < 4.78 is 20.1. The van der Waals surface area contributed by atoms with Crippen molar-refractivity contribution in [2.24, 2.45) is 0 Å². The fraction of sp³-hybridized carbons (Fsp3) is 0.120. The third-order valence-electron chi connectivity index (χ3n) is 4.74. The molecule has 0 fully saturated rings. The Labute approximate surface area is 183 Å². The molecule has 7 heteroatoms. The van der Waals surface area contributed by atoms with Gasteiger partial charge in [-0.2, -0.15) is 0 Å². The molecule has 4 aromatic rings. The molecule has 0 aliphatic carbocycles. The summed E-state index contributed by atoms with van der Waals surface area (Å²) in [6.45, 7) is 3.59. The number of ether oxygens (including phenoxy) is 1. The van der Waals surface area contributed by atoms with E-state index in [1.54, 1.807) is 61.1 Å². The lowest BCUT2D eigenvalue weighted by Crippen LogP contribution is -2.20. The van der Waals surface area contributed by atoms with Crippen molar-refractivity contribution in [3.63, 3.8) is 0 Å². The van der Waals surface area contributed by atoms with E-state index >= 15 is 0 Å². The summed E-state index contributed by atoms with van der Waals surface area (Å²) in [7, 11) is 0. The second kappa shape index (κ2) is 8.82. The normalized spacial score (nSPS) is 10.5. The van der Waals surface area contributed by atoms with Crippen LogP contribution in [0, 0.1) is 24.6 Å². The second-order valence-electron chi connectivity index (χ2n) is 6.94. The molecule has 6 nitrogen and oxygen atoms in total. The van der Waals surface area contributed by atoms with Gasteiger partial charge in [-0.25, -0.2) is 19.2 Å². The Morgan fingerprint density at radius 2 is 1.75 bits per heavy atom. The van der Waals surface area contributed by atoms with Crippen molar-refractivity contribution in [2.45, 2.75) is 13.8 Å². The fourth-order valence-electron chi connectivity index (χ4n) is 3.18. The summed E-state index contributed by atoms with van der Waals surface area (Å²) in [5.74, 6) is 5.50. The Morgan fingerprint density at radius 3 is 2.44 bits per heavy atom. The molecular formula is C25H18FN3O3. The molecule has 4 rings (SSSR count). The van der Waals surface area contributed by atoms with Gasteiger partial charge in [0.15, 0.2) is 0 Å². The van der Waals surface area contributed by atoms with Crippen LogP contribution in [0.15, 0.2) is 65.8 Å². The number of esters is 1. The molecule has 2 aromatic carbocycles. The third kappa shape index (κ3) is 4.25. The molecule has 0 radical (unpaired) electrons. The van der Waals surface area contributed by atoms with Crippen LogP contribution in [0.25, 0.3) is 16.6 Å². The highest BCUT2D eigenvalue weighted by molar-refractivity contribution is 5.94. The molecule has 0 spiro atoms. The van der Waals surface area contributed by atoms with Gasteiger partial charge >= 0.3 is 5.97 Å². The minimum absolute atomic E-state index is 0.110. The van der Waals surface area contributed by atoms with E-state index < -0.39 is 11.4 Å². The first kappa shape index (κ1) is 20.9. The van der Waals surface area contributed by atoms with Crippen molar-refractivity contribution in [3.8, 4) is 17.5 Å². The highest BCUT2D eigenvalue weighted by Gasteiger charge is 2.17. The molecule has 0 bridgehead atoms. The highest BCUT2D eigenvalue weighted by Crippen LogP contribution is 2.20. The third-order valence-corrected chi connectivity index (χ3v) is 4.74. The Bertz CT molecular complexity index is 1430. The van der Waals surface area contributed by atoms with Gasteiger partial charge in [0.25, 0.3) is 0 Å². The number of benzene rings is 2. The summed E-state index contributed by atoms with van der Waals surface area (Å²) >= 11 is 0. The van der Waals surface area contributed by atoms with E-state index in [0.717, 1.165) is 0 Å². The van der Waals surface area contributed by atoms with Gasteiger partial charge in [-0.05, 0) is 56.3 Å². The van der Waals surface area contributed by atoms with Gasteiger partial charge in [0.1, 0.15) is 17.2 Å². The van der Waals surface area contributed by atoms with Crippen molar-refractivity contribution >= 4 is 16.9 Å². The number of fused-ring (bicyclic) bond motifs is 1. The van der Waals surface area contributed by atoms with Crippen LogP contribution < -0.4 is 5.43 Å². The maximum atomic E-state index is 13.4. The zero-order chi connectivity index (χ0) is 22.7. The number of hydrogen-bond donors (Lipinski definition) is 0. The zero-order valence-electron chi connectivity index (χ0n) is 17.4. The number of hydrogen-bond acceptors (Lipinski definition) is 5. The summed E-state index contributed by atoms with van der Waals surface area (Å²) in [5.41, 5.74) is 1.80. The summed E-state index contributed by atoms with van der Waals surface area (Å²) in [6, 6.07) is 10.9. The van der Waals surface area contributed by atoms with Gasteiger partial charge in [0.05, 0.1) is 17.7 Å². The van der Waals surface area contributed by atoms with Gasteiger partial charge in [0.2, 0.25) is 5.43 Å². The Kier molecular flexibility index (Phi) is 5.77. The molecular weight excluding hydrogens is 409 g/mol. The standard InChI is InChI=1S/C25H18FN3O3/c1-3-32-25(31)22-15-29(20-9-7-19(26)8-10-20)23-11-6-17(12-21(23)24(22)30)4-5-18-13-27-16(2)28-14-18/h6-15H,3H2,1-2H3. The van der Waals surface area contributed by atoms with Crippen LogP contribution in [0.2, 0.25) is 0 Å². The van der Waals surface area contributed by atoms with Gasteiger partial charge in [-0.15, -0.1) is 0 Å². The summed E-state index contributed by atoms with van der Waals surface area (Å²) in [5, 5.41) is 0.298. The number of carbonyl (C=O) groups is 1. The monoisotopic (exact) mass is 427 g/mol. The SMILES string of the molecule is CCOC(=O)c1cn(-c2ccc(F)cc2)c2ccc(C#Cc3cnc(C)nc3)cc2c1=O. The lowest BCUT2D eigenvalue weighted by atomic mass is 10.1. The predicted octanol–water partition coefficient (Wildman–Crippen LogP) is 3.80. The van der Waals surface area contributed by atoms with Crippen LogP contribution in [0.5, 0.6) is 0 Å². The number of aryl methyl sites for hydroxylation is 1. The lowest BCUT2D eigenvalue weighted by molar-refractivity contribution is 0.0524. The van der Waals surface area contributed by atoms with Crippen molar-refractivity contribution in [2.75, 3.05) is 6.61 Å². The summed E-state index contributed by atoms with van der Waals surface area (Å²) in [6.07, 6.45) is 4.67. The number of pyridine rings is 1. The van der Waals surface area contributed by atoms with Crippen molar-refractivity contribution < 1.29 is 13.9 Å². The molecule has 0 amide bonds. The first-order chi connectivity index (χ1) is 15.5. The van der Waals surface area contributed by atoms with Crippen LogP contribution in [0.3, 0.4) is 0 Å². The topological polar surface area (TPSA) is 74.1 Å². The van der Waals surface area contributed by atoms with E-state index in [2.05, 4.69) is 21.8 Å². The number of aromatic nitrogens is 3. The molecule has 2 heterocycles. The summed E-state index contributed by atoms with van der Waals surface area (Å²) in [4.78, 5) is 33.8. The Balaban J connectivity index is 1.89. The lowest BCUT2D eigenvalue weighted by Gasteiger charge is -2.13. The Hall–Kier alpha value is -4.31. The molecule has 158 valence electrons. The van der Waals surface area contributed by atoms with E-state index in [-0.39, 0.29) is 18.0 Å².